The summed E-state index contributed by atoms with van der Waals surface area (Å²) in [6.07, 6.45) is 11.6. The van der Waals surface area contributed by atoms with E-state index in [9.17, 15) is 9.59 Å². The average molecular weight is 298 g/mol. The van der Waals surface area contributed by atoms with Crippen LogP contribution in [-0.2, 0) is 14.3 Å². The number of carbonyl (C=O) groups is 2. The SMILES string of the molecule is CCCCCCCCCCC(C)C(=O)C(CC)C(=O)OC. The molecule has 0 radical (unpaired) electrons. The van der Waals surface area contributed by atoms with Crippen LogP contribution in [0.5, 0.6) is 0 Å². The van der Waals surface area contributed by atoms with Crippen molar-refractivity contribution in [2.24, 2.45) is 11.8 Å². The lowest BCUT2D eigenvalue weighted by Crippen LogP contribution is -2.29. The second kappa shape index (κ2) is 12.8. The van der Waals surface area contributed by atoms with Crippen molar-refractivity contribution in [1.29, 1.82) is 0 Å². The summed E-state index contributed by atoms with van der Waals surface area (Å²) in [4.78, 5) is 23.8. The van der Waals surface area contributed by atoms with E-state index in [0.29, 0.717) is 6.42 Å². The first-order valence-electron chi connectivity index (χ1n) is 8.69. The molecule has 2 unspecified atom stereocenters. The monoisotopic (exact) mass is 298 g/mol. The van der Waals surface area contributed by atoms with E-state index >= 15 is 0 Å². The van der Waals surface area contributed by atoms with Crippen molar-refractivity contribution < 1.29 is 14.3 Å². The fourth-order valence-corrected chi connectivity index (χ4v) is 2.70. The molecule has 0 aliphatic rings. The lowest BCUT2D eigenvalue weighted by molar-refractivity contribution is -0.150. The molecule has 0 fully saturated rings. The lowest BCUT2D eigenvalue weighted by atomic mass is 9.88. The Kier molecular flexibility index (Phi) is 12.3. The number of ketones is 1. The Morgan fingerprint density at radius 1 is 0.905 bits per heavy atom. The standard InChI is InChI=1S/C18H34O3/c1-5-7-8-9-10-11-12-13-14-15(3)17(19)16(6-2)18(20)21-4/h15-16H,5-14H2,1-4H3. The van der Waals surface area contributed by atoms with E-state index in [1.165, 1.54) is 52.1 Å². The molecule has 0 rings (SSSR count). The van der Waals surface area contributed by atoms with Crippen molar-refractivity contribution in [3.8, 4) is 0 Å². The van der Waals surface area contributed by atoms with Crippen LogP contribution in [0.15, 0.2) is 0 Å². The third kappa shape index (κ3) is 8.90. The minimum atomic E-state index is -0.570. The zero-order chi connectivity index (χ0) is 16.1. The van der Waals surface area contributed by atoms with E-state index in [1.807, 2.05) is 13.8 Å². The van der Waals surface area contributed by atoms with Gasteiger partial charge in [0.2, 0.25) is 0 Å². The largest absolute Gasteiger partial charge is 0.468 e. The van der Waals surface area contributed by atoms with Gasteiger partial charge in [-0.15, -0.1) is 0 Å². The van der Waals surface area contributed by atoms with Gasteiger partial charge in [-0.1, -0.05) is 72.1 Å². The highest BCUT2D eigenvalue weighted by Crippen LogP contribution is 2.19. The molecule has 21 heavy (non-hydrogen) atoms. The highest BCUT2D eigenvalue weighted by molar-refractivity contribution is 5.99. The maximum absolute atomic E-state index is 12.2. The van der Waals surface area contributed by atoms with Crippen LogP contribution < -0.4 is 0 Å². The molecule has 0 N–H and O–H groups in total. The Bertz CT molecular complexity index is 286. The molecule has 0 bridgehead atoms. The van der Waals surface area contributed by atoms with Crippen molar-refractivity contribution in [2.45, 2.75) is 85.0 Å². The van der Waals surface area contributed by atoms with Gasteiger partial charge in [-0.3, -0.25) is 9.59 Å². The maximum Gasteiger partial charge on any atom is 0.316 e. The molecule has 0 heterocycles. The summed E-state index contributed by atoms with van der Waals surface area (Å²) in [6.45, 7) is 6.04. The number of unbranched alkanes of at least 4 members (excludes halogenated alkanes) is 7. The van der Waals surface area contributed by atoms with Crippen molar-refractivity contribution in [3.05, 3.63) is 0 Å². The van der Waals surface area contributed by atoms with Gasteiger partial charge in [0.25, 0.3) is 0 Å². The van der Waals surface area contributed by atoms with Crippen LogP contribution in [0, 0.1) is 11.8 Å². The topological polar surface area (TPSA) is 43.4 Å². The number of Topliss-reactive ketones (excluding diaryl/α,β-unsaturated/α-hetero) is 1. The summed E-state index contributed by atoms with van der Waals surface area (Å²) in [7, 11) is 1.35. The van der Waals surface area contributed by atoms with E-state index in [1.54, 1.807) is 0 Å². The van der Waals surface area contributed by atoms with Crippen LogP contribution in [0.3, 0.4) is 0 Å². The zero-order valence-electron chi connectivity index (χ0n) is 14.5. The van der Waals surface area contributed by atoms with Crippen LogP contribution in [0.25, 0.3) is 0 Å². The van der Waals surface area contributed by atoms with Crippen molar-refractivity contribution >= 4 is 11.8 Å². The van der Waals surface area contributed by atoms with E-state index < -0.39 is 5.92 Å². The van der Waals surface area contributed by atoms with Crippen molar-refractivity contribution in [3.63, 3.8) is 0 Å². The van der Waals surface area contributed by atoms with Gasteiger partial charge in [0.05, 0.1) is 7.11 Å². The molecule has 0 saturated heterocycles. The molecular weight excluding hydrogens is 264 g/mol. The molecule has 0 amide bonds. The van der Waals surface area contributed by atoms with Gasteiger partial charge in [-0.05, 0) is 12.8 Å². The van der Waals surface area contributed by atoms with Gasteiger partial charge in [-0.2, -0.15) is 0 Å². The molecular formula is C18H34O3. The first kappa shape index (κ1) is 20.1. The number of hydrogen-bond donors (Lipinski definition) is 0. The molecule has 3 heteroatoms. The van der Waals surface area contributed by atoms with Crippen LogP contribution in [0.4, 0.5) is 0 Å². The average Bonchev–Trinajstić information content (AvgIpc) is 2.49. The van der Waals surface area contributed by atoms with Gasteiger partial charge in [0.1, 0.15) is 11.7 Å². The van der Waals surface area contributed by atoms with Crippen LogP contribution in [-0.4, -0.2) is 18.9 Å². The quantitative estimate of drug-likeness (QED) is 0.275. The summed E-state index contributed by atoms with van der Waals surface area (Å²) in [5, 5.41) is 0. The van der Waals surface area contributed by atoms with Crippen molar-refractivity contribution in [2.75, 3.05) is 7.11 Å². The minimum Gasteiger partial charge on any atom is -0.468 e. The van der Waals surface area contributed by atoms with Crippen LogP contribution >= 0.6 is 0 Å². The van der Waals surface area contributed by atoms with Gasteiger partial charge in [-0.25, -0.2) is 0 Å². The number of methoxy groups -OCH3 is 1. The molecule has 3 nitrogen and oxygen atoms in total. The Balaban J connectivity index is 3.80. The summed E-state index contributed by atoms with van der Waals surface area (Å²) in [5.74, 6) is -0.939. The first-order valence-corrected chi connectivity index (χ1v) is 8.69. The molecule has 0 aliphatic carbocycles. The van der Waals surface area contributed by atoms with Gasteiger partial charge in [0.15, 0.2) is 0 Å². The molecule has 0 spiro atoms. The van der Waals surface area contributed by atoms with E-state index in [-0.39, 0.29) is 17.7 Å². The maximum atomic E-state index is 12.2. The molecule has 0 aromatic rings. The normalized spacial score (nSPS) is 13.7. The third-order valence-corrected chi connectivity index (χ3v) is 4.21. The molecule has 0 saturated carbocycles. The fourth-order valence-electron chi connectivity index (χ4n) is 2.70. The second-order valence-electron chi connectivity index (χ2n) is 6.05. The van der Waals surface area contributed by atoms with Crippen LogP contribution in [0.1, 0.15) is 85.0 Å². The molecule has 0 aromatic carbocycles. The zero-order valence-corrected chi connectivity index (χ0v) is 14.5. The Hall–Kier alpha value is -0.860. The fraction of sp³-hybridized carbons (Fsp3) is 0.889. The number of hydrogen-bond acceptors (Lipinski definition) is 3. The van der Waals surface area contributed by atoms with Crippen LogP contribution in [0.2, 0.25) is 0 Å². The number of rotatable bonds is 13. The molecule has 2 atom stereocenters. The van der Waals surface area contributed by atoms with Gasteiger partial charge >= 0.3 is 5.97 Å². The predicted octanol–water partition coefficient (Wildman–Crippen LogP) is 4.92. The number of carbonyl (C=O) groups excluding carboxylic acids is 2. The molecule has 0 aliphatic heterocycles. The summed E-state index contributed by atoms with van der Waals surface area (Å²) in [5.41, 5.74) is 0. The molecule has 124 valence electrons. The Labute approximate surface area is 130 Å². The lowest BCUT2D eigenvalue weighted by Gasteiger charge is -2.16. The first-order chi connectivity index (χ1) is 10.1. The van der Waals surface area contributed by atoms with E-state index in [0.717, 1.165) is 12.8 Å². The minimum absolute atomic E-state index is 0.0332. The second-order valence-corrected chi connectivity index (χ2v) is 6.05. The van der Waals surface area contributed by atoms with Gasteiger partial charge < -0.3 is 4.74 Å². The molecule has 0 aromatic heterocycles. The summed E-state index contributed by atoms with van der Waals surface area (Å²) >= 11 is 0. The Morgan fingerprint density at radius 3 is 1.90 bits per heavy atom. The highest BCUT2D eigenvalue weighted by Gasteiger charge is 2.28. The summed E-state index contributed by atoms with van der Waals surface area (Å²) < 4.78 is 4.70. The summed E-state index contributed by atoms with van der Waals surface area (Å²) in [6, 6.07) is 0. The van der Waals surface area contributed by atoms with Crippen molar-refractivity contribution in [1.82, 2.24) is 0 Å². The third-order valence-electron chi connectivity index (χ3n) is 4.21. The predicted molar refractivity (Wildman–Crippen MR) is 87.2 cm³/mol. The van der Waals surface area contributed by atoms with E-state index in [2.05, 4.69) is 6.92 Å². The number of ether oxygens (including phenoxy) is 1. The number of esters is 1. The smallest absolute Gasteiger partial charge is 0.316 e. The Morgan fingerprint density at radius 2 is 1.43 bits per heavy atom. The van der Waals surface area contributed by atoms with E-state index in [4.69, 9.17) is 4.74 Å². The highest BCUT2D eigenvalue weighted by atomic mass is 16.5. The van der Waals surface area contributed by atoms with Gasteiger partial charge in [0, 0.05) is 5.92 Å².